The van der Waals surface area contributed by atoms with Gasteiger partial charge in [-0.3, -0.25) is 0 Å². The topological polar surface area (TPSA) is 14.8 Å². The van der Waals surface area contributed by atoms with E-state index in [2.05, 4.69) is 534 Å². The Morgan fingerprint density at radius 2 is 0.400 bits per heavy atom. The number of aryl methyl sites for hydroxylation is 2. The van der Waals surface area contributed by atoms with Gasteiger partial charge < -0.3 is 13.7 Å². The molecule has 0 radical (unpaired) electrons. The minimum atomic E-state index is 0.142. The molecule has 0 amide bonds. The van der Waals surface area contributed by atoms with E-state index < -0.39 is 0 Å². The Bertz CT molecular complexity index is 8860. The van der Waals surface area contributed by atoms with Crippen molar-refractivity contribution in [2.75, 3.05) is 0 Å². The van der Waals surface area contributed by atoms with Crippen molar-refractivity contribution in [3.05, 3.63) is 502 Å². The predicted molar refractivity (Wildman–Crippen MR) is 579 cm³/mol. The van der Waals surface area contributed by atoms with Gasteiger partial charge in [0.1, 0.15) is 0 Å². The molecule has 3 heterocycles. The van der Waals surface area contributed by atoms with E-state index >= 15 is 0 Å². The van der Waals surface area contributed by atoms with Crippen LogP contribution in [0.4, 0.5) is 0 Å². The molecule has 0 aliphatic carbocycles. The summed E-state index contributed by atoms with van der Waals surface area (Å²) in [7, 11) is 0. The number of rotatable bonds is 11. The molecule has 135 heavy (non-hydrogen) atoms. The van der Waals surface area contributed by atoms with E-state index in [0.29, 0.717) is 0 Å². The molecule has 0 atom stereocenters. The van der Waals surface area contributed by atoms with Crippen LogP contribution in [0.25, 0.3) is 236 Å². The lowest BCUT2D eigenvalue weighted by Crippen LogP contribution is -2.10. The molecule has 0 spiro atoms. The Labute approximate surface area is 786 Å². The number of benzene rings is 23. The van der Waals surface area contributed by atoms with Gasteiger partial charge in [0.05, 0.1) is 33.1 Å². The average Bonchev–Trinajstić information content (AvgIpc) is 1.67. The highest BCUT2D eigenvalue weighted by Gasteiger charge is 2.25. The maximum Gasteiger partial charge on any atom is 0.0541 e. The van der Waals surface area contributed by atoms with Crippen LogP contribution in [0.1, 0.15) is 37.5 Å². The summed E-state index contributed by atoms with van der Waals surface area (Å²) >= 11 is 0. The van der Waals surface area contributed by atoms with E-state index in [1.54, 1.807) is 0 Å². The Morgan fingerprint density at radius 3 is 0.741 bits per heavy atom. The second kappa shape index (κ2) is 33.8. The van der Waals surface area contributed by atoms with Crippen molar-refractivity contribution in [3.8, 4) is 106 Å². The predicted octanol–water partition coefficient (Wildman–Crippen LogP) is 36.5. The van der Waals surface area contributed by atoms with Crippen LogP contribution in [0.5, 0.6) is 0 Å². The summed E-state index contributed by atoms with van der Waals surface area (Å²) in [6, 6.07) is 178. The molecular weight excluding hydrogens is 1630 g/mol. The van der Waals surface area contributed by atoms with Crippen LogP contribution < -0.4 is 0 Å². The third-order valence-electron chi connectivity index (χ3n) is 27.9. The molecule has 3 nitrogen and oxygen atoms in total. The molecule has 0 aliphatic rings. The zero-order valence-corrected chi connectivity index (χ0v) is 76.0. The Kier molecular flexibility index (Phi) is 20.3. The van der Waals surface area contributed by atoms with Crippen LogP contribution >= 0.6 is 0 Å². The van der Waals surface area contributed by atoms with Gasteiger partial charge in [-0.05, 0) is 257 Å². The average molecular weight is 1720 g/mol. The van der Waals surface area contributed by atoms with E-state index in [0.717, 1.165) is 0 Å². The van der Waals surface area contributed by atoms with Crippen LogP contribution in [0.2, 0.25) is 0 Å². The fourth-order valence-corrected chi connectivity index (χ4v) is 21.7. The summed E-state index contributed by atoms with van der Waals surface area (Å²) in [4.78, 5) is 0. The van der Waals surface area contributed by atoms with E-state index in [1.807, 2.05) is 0 Å². The van der Waals surface area contributed by atoms with E-state index in [9.17, 15) is 0 Å². The quantitative estimate of drug-likeness (QED) is 0.115. The highest BCUT2D eigenvalue weighted by atomic mass is 15.0. The summed E-state index contributed by atoms with van der Waals surface area (Å²) in [5.74, 6) is 0. The van der Waals surface area contributed by atoms with Crippen LogP contribution in [0.15, 0.2) is 485 Å². The number of nitrogens with zero attached hydrogens (tertiary/aromatic N) is 3. The maximum absolute atomic E-state index is 2.41. The lowest BCUT2D eigenvalue weighted by Gasteiger charge is -2.19. The van der Waals surface area contributed by atoms with Gasteiger partial charge in [0, 0.05) is 49.4 Å². The Hall–Kier alpha value is -17.0. The molecule has 0 saturated carbocycles. The molecule has 0 bridgehead atoms. The largest absolute Gasteiger partial charge is 0.309 e. The maximum atomic E-state index is 2.41. The first kappa shape index (κ1) is 81.3. The van der Waals surface area contributed by atoms with Crippen molar-refractivity contribution in [1.82, 2.24) is 13.7 Å². The first-order chi connectivity index (χ1) is 66.5. The molecule has 0 N–H and O–H groups in total. The summed E-state index contributed by atoms with van der Waals surface area (Å²) in [6.07, 6.45) is 0. The molecule has 0 unspecified atom stereocenters. The van der Waals surface area contributed by atoms with Gasteiger partial charge in [-0.1, -0.05) is 439 Å². The number of fused-ring (bicyclic) bond motifs is 15. The van der Waals surface area contributed by atoms with E-state index in [1.165, 1.54) is 253 Å². The molecular formula is C132H95N3. The monoisotopic (exact) mass is 1720 g/mol. The second-order valence-electron chi connectivity index (χ2n) is 36.9. The molecule has 3 aromatic heterocycles. The SMILES string of the molecule is CC(C)(C)c1ccc(-c2ccc(-c3c4ccccc4c(-c4cccc(-n5c6ccccc6c6ccccc65)c4)c4ccccc34)cc2)cc1.Cc1ccc2c(-c3ccc(-n4c5ccccc5c5ccccc54)cc3)c3ccccc3c(-c3ccccc3)c2c1.Cc1ccccc1-c1ccc(-c2c3ccccc3c(-c3cccc(-n4c5ccccc5c5ccccc54)c3)c3ccccc23)cc1. The second-order valence-corrected chi connectivity index (χ2v) is 36.9. The highest BCUT2D eigenvalue weighted by molar-refractivity contribution is 6.25. The van der Waals surface area contributed by atoms with Crippen LogP contribution in [-0.2, 0) is 5.41 Å². The molecule has 0 saturated heterocycles. The van der Waals surface area contributed by atoms with Crippen molar-refractivity contribution in [2.45, 2.75) is 40.0 Å². The molecule has 26 aromatic rings. The highest BCUT2D eigenvalue weighted by Crippen LogP contribution is 2.50. The summed E-state index contributed by atoms with van der Waals surface area (Å²) in [5, 5.41) is 22.9. The number of hydrogen-bond donors (Lipinski definition) is 0. The first-order valence-electron chi connectivity index (χ1n) is 47.0. The van der Waals surface area contributed by atoms with Crippen LogP contribution in [0.3, 0.4) is 0 Å². The summed E-state index contributed by atoms with van der Waals surface area (Å²) in [6.45, 7) is 11.2. The van der Waals surface area contributed by atoms with Crippen LogP contribution in [0, 0.1) is 13.8 Å². The third-order valence-corrected chi connectivity index (χ3v) is 27.9. The van der Waals surface area contributed by atoms with Gasteiger partial charge in [-0.25, -0.2) is 0 Å². The molecule has 23 aromatic carbocycles. The van der Waals surface area contributed by atoms with Gasteiger partial charge in [0.2, 0.25) is 0 Å². The molecule has 26 rings (SSSR count). The Morgan fingerprint density at radius 1 is 0.156 bits per heavy atom. The molecule has 0 fully saturated rings. The van der Waals surface area contributed by atoms with Crippen molar-refractivity contribution < 1.29 is 0 Å². The number of para-hydroxylation sites is 6. The molecule has 638 valence electrons. The van der Waals surface area contributed by atoms with Crippen molar-refractivity contribution in [1.29, 1.82) is 0 Å². The van der Waals surface area contributed by atoms with E-state index in [-0.39, 0.29) is 5.41 Å². The van der Waals surface area contributed by atoms with Gasteiger partial charge in [0.25, 0.3) is 0 Å². The standard InChI is InChI=1S/C48H37N.C45H31N.C39H27N/c1-48(2,3)36-29-27-33(28-30-36)32-23-25-34(26-24-32)46-40-17-4-6-19-42(40)47(43-20-7-5-18-41(43)46)35-13-12-14-37(31-35)49-44-21-10-8-15-38(44)39-16-9-11-22-45(39)49;1-30-13-2-3-16-35(30)31-25-27-32(28-26-31)44-38-19-4-6-21-40(38)45(41-22-7-5-20-39(41)44)33-14-12-15-34(29-33)46-42-23-10-8-17-36(42)37-18-9-11-24-43(37)46;1-26-19-24-34-35(25-26)39(27-11-3-2-4-12-27)33-16-6-5-15-32(33)38(34)28-20-22-29(23-21-28)40-36-17-9-7-13-30(36)31-14-8-10-18-37(31)40/h4-31H,1-3H3;2-29H,1H3;2-25H,1H3. The zero-order valence-electron chi connectivity index (χ0n) is 76.0. The lowest BCUT2D eigenvalue weighted by atomic mass is 9.85. The number of hydrogen-bond acceptors (Lipinski definition) is 0. The minimum Gasteiger partial charge on any atom is -0.309 e. The summed E-state index contributed by atoms with van der Waals surface area (Å²) in [5.41, 5.74) is 35.0. The summed E-state index contributed by atoms with van der Waals surface area (Å²) < 4.78 is 7.20. The van der Waals surface area contributed by atoms with Crippen molar-refractivity contribution in [2.24, 2.45) is 0 Å². The lowest BCUT2D eigenvalue weighted by molar-refractivity contribution is 0.590. The number of aromatic nitrogens is 3. The van der Waals surface area contributed by atoms with Gasteiger partial charge in [-0.2, -0.15) is 0 Å². The van der Waals surface area contributed by atoms with Crippen LogP contribution in [-0.4, -0.2) is 13.7 Å². The van der Waals surface area contributed by atoms with E-state index in [4.69, 9.17) is 0 Å². The fourth-order valence-electron chi connectivity index (χ4n) is 21.7. The van der Waals surface area contributed by atoms with Crippen molar-refractivity contribution >= 4 is 130 Å². The first-order valence-corrected chi connectivity index (χ1v) is 47.0. The molecule has 0 aliphatic heterocycles. The fraction of sp³-hybridized carbons (Fsp3) is 0.0455. The normalized spacial score (nSPS) is 11.7. The van der Waals surface area contributed by atoms with Gasteiger partial charge in [-0.15, -0.1) is 0 Å². The van der Waals surface area contributed by atoms with Gasteiger partial charge >= 0.3 is 0 Å². The zero-order chi connectivity index (χ0) is 90.4. The smallest absolute Gasteiger partial charge is 0.0541 e. The van der Waals surface area contributed by atoms with Gasteiger partial charge in [0.15, 0.2) is 0 Å². The minimum absolute atomic E-state index is 0.142. The van der Waals surface area contributed by atoms with Crippen molar-refractivity contribution in [3.63, 3.8) is 0 Å². The Balaban J connectivity index is 0.000000112. The third kappa shape index (κ3) is 14.2. The molecule has 3 heteroatoms.